The number of alkyl halides is 3. The fourth-order valence-electron chi connectivity index (χ4n) is 4.05. The van der Waals surface area contributed by atoms with Crippen LogP contribution in [0.2, 0.25) is 0 Å². The molecule has 2 aromatic carbocycles. The molecule has 1 aromatic heterocycles. The van der Waals surface area contributed by atoms with Crippen LogP contribution in [0.25, 0.3) is 16.6 Å². The van der Waals surface area contributed by atoms with E-state index in [2.05, 4.69) is 4.74 Å². The number of likely N-dealkylation sites (N-methyl/N-ethyl adjacent to an activating group) is 1. The number of methoxy groups -OCH3 is 1. The molecule has 2 heterocycles. The molecule has 0 fully saturated rings. The SMILES string of the molecule is COC(=O)/C(=C(/[n+]1cccc2ccccc21)C(F)(F)F)[C@]1(O)C(=O)N(C)c2ccccc21. The standard InChI is InChI=1S/C23H18F3N2O4/c1-27-17-12-6-4-10-15(17)22(31,21(27)30)18(20(29)32-2)19(23(24,25)26)28-13-7-9-14-8-3-5-11-16(14)28/h3-13,31H,1-2H3/q+1/b19-18-/t22-/m0/s1. The molecule has 0 saturated heterocycles. The molecular weight excluding hydrogens is 425 g/mol. The van der Waals surface area contributed by atoms with E-state index in [4.69, 9.17) is 0 Å². The number of rotatable bonds is 3. The van der Waals surface area contributed by atoms with E-state index < -0.39 is 34.9 Å². The van der Waals surface area contributed by atoms with Crippen LogP contribution in [0.1, 0.15) is 5.56 Å². The van der Waals surface area contributed by atoms with Crippen molar-refractivity contribution in [1.82, 2.24) is 0 Å². The number of benzene rings is 2. The molecule has 3 aromatic rings. The molecule has 0 unspecified atom stereocenters. The van der Waals surface area contributed by atoms with Gasteiger partial charge in [0.1, 0.15) is 0 Å². The average molecular weight is 443 g/mol. The number of anilines is 1. The van der Waals surface area contributed by atoms with Crippen LogP contribution in [-0.4, -0.2) is 37.3 Å². The highest BCUT2D eigenvalue weighted by atomic mass is 19.4. The Labute approximate surface area is 180 Å². The summed E-state index contributed by atoms with van der Waals surface area (Å²) in [5.41, 5.74) is -5.47. The Kier molecular flexibility index (Phi) is 5.01. The molecule has 1 N–H and O–H groups in total. The first-order valence-electron chi connectivity index (χ1n) is 9.52. The number of pyridine rings is 1. The van der Waals surface area contributed by atoms with Crippen LogP contribution in [0.15, 0.2) is 72.4 Å². The molecule has 6 nitrogen and oxygen atoms in total. The summed E-state index contributed by atoms with van der Waals surface area (Å²) >= 11 is 0. The summed E-state index contributed by atoms with van der Waals surface area (Å²) in [7, 11) is 2.20. The van der Waals surface area contributed by atoms with E-state index >= 15 is 0 Å². The van der Waals surface area contributed by atoms with E-state index in [9.17, 15) is 27.9 Å². The largest absolute Gasteiger partial charge is 0.478 e. The Balaban J connectivity index is 2.18. The highest BCUT2D eigenvalue weighted by Gasteiger charge is 2.61. The van der Waals surface area contributed by atoms with Crippen molar-refractivity contribution in [2.24, 2.45) is 0 Å². The topological polar surface area (TPSA) is 70.7 Å². The minimum atomic E-state index is -5.13. The normalized spacial score (nSPS) is 19.1. The average Bonchev–Trinajstić information content (AvgIpc) is 2.98. The molecule has 32 heavy (non-hydrogen) atoms. The number of fused-ring (bicyclic) bond motifs is 2. The zero-order valence-electron chi connectivity index (χ0n) is 17.1. The van der Waals surface area contributed by atoms with Gasteiger partial charge >= 0.3 is 17.8 Å². The lowest BCUT2D eigenvalue weighted by molar-refractivity contribution is -0.570. The lowest BCUT2D eigenvalue weighted by atomic mass is 9.85. The van der Waals surface area contributed by atoms with Crippen molar-refractivity contribution in [2.75, 3.05) is 19.1 Å². The van der Waals surface area contributed by atoms with E-state index in [0.29, 0.717) is 5.39 Å². The maximum absolute atomic E-state index is 14.6. The molecule has 164 valence electrons. The number of hydrogen-bond donors (Lipinski definition) is 1. The van der Waals surface area contributed by atoms with Gasteiger partial charge in [0.2, 0.25) is 11.1 Å². The Morgan fingerprint density at radius 3 is 2.38 bits per heavy atom. The molecule has 1 atom stereocenters. The Bertz CT molecular complexity index is 1280. The number of carbonyl (C=O) groups excluding carboxylic acids is 2. The van der Waals surface area contributed by atoms with E-state index in [1.165, 1.54) is 37.4 Å². The third kappa shape index (κ3) is 3.04. The van der Waals surface area contributed by atoms with E-state index in [1.807, 2.05) is 0 Å². The molecule has 0 aliphatic carbocycles. The zero-order valence-corrected chi connectivity index (χ0v) is 17.1. The second-order valence-electron chi connectivity index (χ2n) is 7.24. The Morgan fingerprint density at radius 2 is 1.69 bits per heavy atom. The highest BCUT2D eigenvalue weighted by Crippen LogP contribution is 2.47. The Morgan fingerprint density at radius 1 is 1.06 bits per heavy atom. The van der Waals surface area contributed by atoms with Gasteiger partial charge in [0, 0.05) is 30.1 Å². The predicted molar refractivity (Wildman–Crippen MR) is 109 cm³/mol. The molecule has 1 aliphatic heterocycles. The van der Waals surface area contributed by atoms with Crippen molar-refractivity contribution in [1.29, 1.82) is 0 Å². The number of nitrogens with zero attached hydrogens (tertiary/aromatic N) is 2. The minimum absolute atomic E-state index is 0.124. The third-order valence-corrected chi connectivity index (χ3v) is 5.47. The van der Waals surface area contributed by atoms with Crippen molar-refractivity contribution >= 4 is 34.2 Å². The lowest BCUT2D eigenvalue weighted by Crippen LogP contribution is -2.49. The maximum atomic E-state index is 14.6. The monoisotopic (exact) mass is 443 g/mol. The van der Waals surface area contributed by atoms with Crippen LogP contribution in [0, 0.1) is 0 Å². The van der Waals surface area contributed by atoms with E-state index in [-0.39, 0.29) is 16.8 Å². The molecule has 1 amide bonds. The van der Waals surface area contributed by atoms with Crippen molar-refractivity contribution in [3.8, 4) is 0 Å². The van der Waals surface area contributed by atoms with Gasteiger partial charge in [0.25, 0.3) is 5.91 Å². The Hall–Kier alpha value is -3.72. The number of amides is 1. The quantitative estimate of drug-likeness (QED) is 0.384. The molecular formula is C23H18F3N2O4+. The minimum Gasteiger partial charge on any atom is -0.465 e. The second-order valence-corrected chi connectivity index (χ2v) is 7.24. The van der Waals surface area contributed by atoms with Crippen LogP contribution in [0.3, 0.4) is 0 Å². The smallest absolute Gasteiger partial charge is 0.465 e. The summed E-state index contributed by atoms with van der Waals surface area (Å²) in [6, 6.07) is 15.0. The van der Waals surface area contributed by atoms with Crippen molar-refractivity contribution < 1.29 is 37.2 Å². The van der Waals surface area contributed by atoms with Gasteiger partial charge in [-0.3, -0.25) is 4.79 Å². The van der Waals surface area contributed by atoms with Gasteiger partial charge in [0.15, 0.2) is 11.8 Å². The molecule has 0 spiro atoms. The number of ether oxygens (including phenoxy) is 1. The van der Waals surface area contributed by atoms with Gasteiger partial charge in [-0.15, -0.1) is 0 Å². The second kappa shape index (κ2) is 7.45. The molecule has 1 aliphatic rings. The first kappa shape index (κ1) is 21.5. The summed E-state index contributed by atoms with van der Waals surface area (Å²) in [6.45, 7) is 0. The van der Waals surface area contributed by atoms with Gasteiger partial charge in [-0.25, -0.2) is 4.79 Å². The summed E-state index contributed by atoms with van der Waals surface area (Å²) in [5, 5.41) is 12.0. The van der Waals surface area contributed by atoms with Crippen molar-refractivity contribution in [2.45, 2.75) is 11.8 Å². The van der Waals surface area contributed by atoms with Crippen LogP contribution < -0.4 is 9.47 Å². The molecule has 0 saturated carbocycles. The number of hydrogen-bond acceptors (Lipinski definition) is 4. The summed E-state index contributed by atoms with van der Waals surface area (Å²) < 4.78 is 49.1. The fourth-order valence-corrected chi connectivity index (χ4v) is 4.05. The number of aliphatic hydroxyl groups is 1. The van der Waals surface area contributed by atoms with Gasteiger partial charge in [-0.05, 0) is 18.2 Å². The van der Waals surface area contributed by atoms with Crippen LogP contribution in [0.5, 0.6) is 0 Å². The summed E-state index contributed by atoms with van der Waals surface area (Å²) in [6.07, 6.45) is -4.02. The molecule has 0 radical (unpaired) electrons. The first-order chi connectivity index (χ1) is 15.1. The van der Waals surface area contributed by atoms with Crippen LogP contribution in [-0.2, 0) is 19.9 Å². The number of carbonyl (C=O) groups is 2. The summed E-state index contributed by atoms with van der Waals surface area (Å²) in [4.78, 5) is 27.0. The first-order valence-corrected chi connectivity index (χ1v) is 9.52. The lowest BCUT2D eigenvalue weighted by Gasteiger charge is -2.25. The van der Waals surface area contributed by atoms with Gasteiger partial charge in [-0.2, -0.15) is 17.7 Å². The highest BCUT2D eigenvalue weighted by molar-refractivity contribution is 6.15. The van der Waals surface area contributed by atoms with E-state index in [0.717, 1.165) is 22.8 Å². The molecule has 9 heteroatoms. The van der Waals surface area contributed by atoms with E-state index in [1.54, 1.807) is 30.3 Å². The van der Waals surface area contributed by atoms with Gasteiger partial charge in [0.05, 0.1) is 12.8 Å². The van der Waals surface area contributed by atoms with Gasteiger partial charge in [-0.1, -0.05) is 30.3 Å². The zero-order chi connectivity index (χ0) is 23.3. The van der Waals surface area contributed by atoms with Crippen LogP contribution >= 0.6 is 0 Å². The van der Waals surface area contributed by atoms with Gasteiger partial charge < -0.3 is 14.7 Å². The predicted octanol–water partition coefficient (Wildman–Crippen LogP) is 2.94. The van der Waals surface area contributed by atoms with Crippen molar-refractivity contribution in [3.05, 3.63) is 78.0 Å². The number of para-hydroxylation sites is 2. The number of halogens is 3. The van der Waals surface area contributed by atoms with Crippen LogP contribution in [0.4, 0.5) is 18.9 Å². The number of allylic oxidation sites excluding steroid dienone is 1. The fraction of sp³-hybridized carbons (Fsp3) is 0.174. The number of aromatic nitrogens is 1. The summed E-state index contributed by atoms with van der Waals surface area (Å²) in [5.74, 6) is -2.57. The maximum Gasteiger partial charge on any atom is 0.478 e. The number of esters is 1. The third-order valence-electron chi connectivity index (χ3n) is 5.47. The van der Waals surface area contributed by atoms with Crippen molar-refractivity contribution in [3.63, 3.8) is 0 Å². The molecule has 4 rings (SSSR count). The molecule has 0 bridgehead atoms.